The van der Waals surface area contributed by atoms with Crippen LogP contribution in [-0.2, 0) is 4.79 Å². The minimum Gasteiger partial charge on any atom is -0.325 e. The minimum atomic E-state index is 0.0284. The fourth-order valence-corrected chi connectivity index (χ4v) is 1.88. The van der Waals surface area contributed by atoms with Gasteiger partial charge >= 0.3 is 0 Å². The molecule has 0 radical (unpaired) electrons. The maximum Gasteiger partial charge on any atom is 0.225 e. The highest BCUT2D eigenvalue weighted by Gasteiger charge is 2.13. The normalized spacial score (nSPS) is 18.7. The van der Waals surface area contributed by atoms with E-state index in [1.165, 1.54) is 0 Å². The van der Waals surface area contributed by atoms with Gasteiger partial charge in [0.15, 0.2) is 0 Å². The van der Waals surface area contributed by atoms with Gasteiger partial charge in [0.05, 0.1) is 11.9 Å². The van der Waals surface area contributed by atoms with Gasteiger partial charge in [0.1, 0.15) is 5.15 Å². The standard InChI is InChI=1S/C12H13ClN2O/c13-11-6-5-10(8-14-11)15-12(16)7-9-3-1-2-4-9/h1,3,5-6,8-9H,2,4,7H2,(H,15,16)/t9-/m1/s1. The van der Waals surface area contributed by atoms with Crippen molar-refractivity contribution in [1.29, 1.82) is 0 Å². The molecule has 1 atom stereocenters. The van der Waals surface area contributed by atoms with Crippen LogP contribution in [0.15, 0.2) is 30.5 Å². The lowest BCUT2D eigenvalue weighted by Gasteiger charge is -2.08. The number of hydrogen-bond donors (Lipinski definition) is 1. The lowest BCUT2D eigenvalue weighted by Crippen LogP contribution is -2.14. The smallest absolute Gasteiger partial charge is 0.225 e. The van der Waals surface area contributed by atoms with Crippen LogP contribution in [0, 0.1) is 5.92 Å². The molecule has 4 heteroatoms. The van der Waals surface area contributed by atoms with E-state index in [0.29, 0.717) is 23.2 Å². The molecule has 3 nitrogen and oxygen atoms in total. The number of halogens is 1. The van der Waals surface area contributed by atoms with E-state index in [4.69, 9.17) is 11.6 Å². The summed E-state index contributed by atoms with van der Waals surface area (Å²) >= 11 is 5.65. The molecule has 16 heavy (non-hydrogen) atoms. The molecule has 1 aromatic rings. The van der Waals surface area contributed by atoms with Crippen LogP contribution in [0.25, 0.3) is 0 Å². The highest BCUT2D eigenvalue weighted by molar-refractivity contribution is 6.29. The molecule has 1 heterocycles. The van der Waals surface area contributed by atoms with Crippen LogP contribution in [0.5, 0.6) is 0 Å². The third-order valence-corrected chi connectivity index (χ3v) is 2.79. The van der Waals surface area contributed by atoms with Crippen molar-refractivity contribution in [2.45, 2.75) is 19.3 Å². The highest BCUT2D eigenvalue weighted by Crippen LogP contribution is 2.21. The molecule has 0 unspecified atom stereocenters. The van der Waals surface area contributed by atoms with Crippen LogP contribution in [-0.4, -0.2) is 10.9 Å². The Morgan fingerprint density at radius 1 is 1.56 bits per heavy atom. The molecule has 2 rings (SSSR count). The SMILES string of the molecule is O=C(C[C@@H]1C=CCC1)Nc1ccc(Cl)nc1. The van der Waals surface area contributed by atoms with Crippen molar-refractivity contribution in [2.75, 3.05) is 5.32 Å². The Labute approximate surface area is 99.5 Å². The van der Waals surface area contributed by atoms with Gasteiger partial charge in [-0.25, -0.2) is 4.98 Å². The lowest BCUT2D eigenvalue weighted by molar-refractivity contribution is -0.116. The lowest BCUT2D eigenvalue weighted by atomic mass is 10.1. The van der Waals surface area contributed by atoms with Crippen molar-refractivity contribution in [3.05, 3.63) is 35.6 Å². The van der Waals surface area contributed by atoms with Crippen LogP contribution < -0.4 is 5.32 Å². The van der Waals surface area contributed by atoms with E-state index < -0.39 is 0 Å². The number of rotatable bonds is 3. The summed E-state index contributed by atoms with van der Waals surface area (Å²) in [4.78, 5) is 15.5. The summed E-state index contributed by atoms with van der Waals surface area (Å²) in [6.45, 7) is 0. The monoisotopic (exact) mass is 236 g/mol. The molecule has 1 N–H and O–H groups in total. The third-order valence-electron chi connectivity index (χ3n) is 2.57. The number of amides is 1. The topological polar surface area (TPSA) is 42.0 Å². The largest absolute Gasteiger partial charge is 0.325 e. The van der Waals surface area contributed by atoms with E-state index in [9.17, 15) is 4.79 Å². The van der Waals surface area contributed by atoms with Gasteiger partial charge in [-0.3, -0.25) is 4.79 Å². The van der Waals surface area contributed by atoms with Crippen LogP contribution in [0.1, 0.15) is 19.3 Å². The zero-order chi connectivity index (χ0) is 11.4. The Bertz CT molecular complexity index is 400. The quantitative estimate of drug-likeness (QED) is 0.648. The van der Waals surface area contributed by atoms with Crippen molar-refractivity contribution in [3.63, 3.8) is 0 Å². The average Bonchev–Trinajstić information content (AvgIpc) is 2.74. The Kier molecular flexibility index (Phi) is 3.57. The third kappa shape index (κ3) is 3.07. The first kappa shape index (κ1) is 11.1. The van der Waals surface area contributed by atoms with Gasteiger partial charge in [0.25, 0.3) is 0 Å². The second-order valence-corrected chi connectivity index (χ2v) is 4.27. The summed E-state index contributed by atoms with van der Waals surface area (Å²) in [5, 5.41) is 3.23. The summed E-state index contributed by atoms with van der Waals surface area (Å²) in [5.41, 5.74) is 0.691. The molecular weight excluding hydrogens is 224 g/mol. The number of carbonyl (C=O) groups excluding carboxylic acids is 1. The number of aromatic nitrogens is 1. The van der Waals surface area contributed by atoms with Gasteiger partial charge < -0.3 is 5.32 Å². The molecule has 1 amide bonds. The van der Waals surface area contributed by atoms with Gasteiger partial charge in [-0.15, -0.1) is 0 Å². The predicted molar refractivity (Wildman–Crippen MR) is 64.4 cm³/mol. The minimum absolute atomic E-state index is 0.0284. The molecule has 0 aromatic carbocycles. The van der Waals surface area contributed by atoms with E-state index in [-0.39, 0.29) is 5.91 Å². The number of allylic oxidation sites excluding steroid dienone is 2. The molecule has 0 saturated carbocycles. The Hall–Kier alpha value is -1.35. The van der Waals surface area contributed by atoms with Gasteiger partial charge in [-0.1, -0.05) is 23.8 Å². The van der Waals surface area contributed by atoms with Crippen molar-refractivity contribution in [1.82, 2.24) is 4.98 Å². The number of nitrogens with one attached hydrogen (secondary N) is 1. The molecule has 1 aliphatic rings. The van der Waals surface area contributed by atoms with Gasteiger partial charge in [-0.05, 0) is 30.9 Å². The number of anilines is 1. The zero-order valence-electron chi connectivity index (χ0n) is 8.82. The van der Waals surface area contributed by atoms with Crippen LogP contribution in [0.4, 0.5) is 5.69 Å². The molecule has 0 fully saturated rings. The van der Waals surface area contributed by atoms with E-state index in [1.807, 2.05) is 0 Å². The van der Waals surface area contributed by atoms with E-state index >= 15 is 0 Å². The number of hydrogen-bond acceptors (Lipinski definition) is 2. The first-order valence-corrected chi connectivity index (χ1v) is 5.70. The fourth-order valence-electron chi connectivity index (χ4n) is 1.77. The van der Waals surface area contributed by atoms with E-state index in [1.54, 1.807) is 18.3 Å². The van der Waals surface area contributed by atoms with E-state index in [2.05, 4.69) is 22.5 Å². The first-order valence-electron chi connectivity index (χ1n) is 5.32. The zero-order valence-corrected chi connectivity index (χ0v) is 9.57. The van der Waals surface area contributed by atoms with Gasteiger partial charge in [0, 0.05) is 6.42 Å². The Morgan fingerprint density at radius 3 is 3.06 bits per heavy atom. The maximum atomic E-state index is 11.6. The summed E-state index contributed by atoms with van der Waals surface area (Å²) in [5.74, 6) is 0.418. The van der Waals surface area contributed by atoms with Crippen LogP contribution in [0.2, 0.25) is 5.15 Å². The van der Waals surface area contributed by atoms with Gasteiger partial charge in [0.2, 0.25) is 5.91 Å². The summed E-state index contributed by atoms with van der Waals surface area (Å²) in [6.07, 6.45) is 8.50. The van der Waals surface area contributed by atoms with Crippen molar-refractivity contribution in [2.24, 2.45) is 5.92 Å². The van der Waals surface area contributed by atoms with Crippen molar-refractivity contribution >= 4 is 23.2 Å². The molecule has 1 aliphatic carbocycles. The van der Waals surface area contributed by atoms with Crippen LogP contribution >= 0.6 is 11.6 Å². The molecule has 0 saturated heterocycles. The van der Waals surface area contributed by atoms with Crippen molar-refractivity contribution in [3.8, 4) is 0 Å². The average molecular weight is 237 g/mol. The van der Waals surface area contributed by atoms with E-state index in [0.717, 1.165) is 12.8 Å². The molecule has 0 spiro atoms. The highest BCUT2D eigenvalue weighted by atomic mass is 35.5. The summed E-state index contributed by atoms with van der Waals surface area (Å²) < 4.78 is 0. The summed E-state index contributed by atoms with van der Waals surface area (Å²) in [7, 11) is 0. The molecule has 0 aliphatic heterocycles. The second kappa shape index (κ2) is 5.12. The molecule has 84 valence electrons. The first-order chi connectivity index (χ1) is 7.74. The maximum absolute atomic E-state index is 11.6. The predicted octanol–water partition coefficient (Wildman–Crippen LogP) is 3.03. The second-order valence-electron chi connectivity index (χ2n) is 3.89. The van der Waals surface area contributed by atoms with Crippen molar-refractivity contribution < 1.29 is 4.79 Å². The number of pyridine rings is 1. The molecular formula is C12H13ClN2O. The number of nitrogens with zero attached hydrogens (tertiary/aromatic N) is 1. The summed E-state index contributed by atoms with van der Waals surface area (Å²) in [6, 6.07) is 3.41. The Balaban J connectivity index is 1.86. The number of carbonyl (C=O) groups is 1. The van der Waals surface area contributed by atoms with Gasteiger partial charge in [-0.2, -0.15) is 0 Å². The molecule has 0 bridgehead atoms. The van der Waals surface area contributed by atoms with Crippen LogP contribution in [0.3, 0.4) is 0 Å². The molecule has 1 aromatic heterocycles. The Morgan fingerprint density at radius 2 is 2.44 bits per heavy atom. The fraction of sp³-hybridized carbons (Fsp3) is 0.333.